The summed E-state index contributed by atoms with van der Waals surface area (Å²) in [6, 6.07) is 13.6. The first-order chi connectivity index (χ1) is 11.2. The summed E-state index contributed by atoms with van der Waals surface area (Å²) in [4.78, 5) is 12.2. The Labute approximate surface area is 137 Å². The molecule has 0 spiro atoms. The van der Waals surface area contributed by atoms with Crippen molar-refractivity contribution in [3.63, 3.8) is 0 Å². The van der Waals surface area contributed by atoms with Gasteiger partial charge in [0.25, 0.3) is 0 Å². The van der Waals surface area contributed by atoms with Gasteiger partial charge in [-0.15, -0.1) is 0 Å². The lowest BCUT2D eigenvalue weighted by Crippen LogP contribution is -2.29. The molecule has 122 valence electrons. The highest BCUT2D eigenvalue weighted by atomic mass is 16.5. The van der Waals surface area contributed by atoms with Gasteiger partial charge in [0.1, 0.15) is 5.75 Å². The number of carbonyl (C=O) groups excluding carboxylic acids is 1. The third-order valence-electron chi connectivity index (χ3n) is 3.82. The molecule has 0 aliphatic rings. The van der Waals surface area contributed by atoms with Crippen LogP contribution in [0.15, 0.2) is 42.5 Å². The van der Waals surface area contributed by atoms with E-state index in [9.17, 15) is 4.79 Å². The van der Waals surface area contributed by atoms with Crippen LogP contribution in [0.1, 0.15) is 30.5 Å². The number of hydrogen-bond donors (Lipinski definition) is 2. The summed E-state index contributed by atoms with van der Waals surface area (Å²) in [5.74, 6) is 0.786. The van der Waals surface area contributed by atoms with Gasteiger partial charge in [-0.3, -0.25) is 0 Å². The Kier molecular flexibility index (Phi) is 6.03. The highest BCUT2D eigenvalue weighted by molar-refractivity contribution is 5.91. The van der Waals surface area contributed by atoms with Crippen molar-refractivity contribution in [1.29, 1.82) is 0 Å². The second-order valence-electron chi connectivity index (χ2n) is 5.32. The van der Waals surface area contributed by atoms with Gasteiger partial charge < -0.3 is 15.4 Å². The average Bonchev–Trinajstić information content (AvgIpc) is 2.60. The highest BCUT2D eigenvalue weighted by Gasteiger charge is 2.09. The number of anilines is 1. The van der Waals surface area contributed by atoms with Crippen molar-refractivity contribution in [1.82, 2.24) is 5.32 Å². The number of rotatable bonds is 6. The smallest absolute Gasteiger partial charge is 0.319 e. The van der Waals surface area contributed by atoms with Crippen molar-refractivity contribution < 1.29 is 9.53 Å². The molecule has 0 aliphatic carbocycles. The van der Waals surface area contributed by atoms with Gasteiger partial charge in [-0.1, -0.05) is 44.2 Å². The number of amides is 2. The first-order valence-electron chi connectivity index (χ1n) is 7.96. The maximum absolute atomic E-state index is 12.2. The number of methoxy groups -OCH3 is 1. The number of urea groups is 1. The number of ether oxygens (including phenoxy) is 1. The van der Waals surface area contributed by atoms with E-state index in [-0.39, 0.29) is 6.03 Å². The monoisotopic (exact) mass is 312 g/mol. The average molecular weight is 312 g/mol. The van der Waals surface area contributed by atoms with Crippen LogP contribution in [0.25, 0.3) is 0 Å². The maximum Gasteiger partial charge on any atom is 0.319 e. The predicted octanol–water partition coefficient (Wildman–Crippen LogP) is 4.14. The quantitative estimate of drug-likeness (QED) is 0.842. The number of nitrogens with one attached hydrogen (secondary N) is 2. The number of hydrogen-bond acceptors (Lipinski definition) is 2. The van der Waals surface area contributed by atoms with E-state index in [1.165, 1.54) is 0 Å². The second-order valence-corrected chi connectivity index (χ2v) is 5.32. The minimum absolute atomic E-state index is 0.191. The maximum atomic E-state index is 12.2. The van der Waals surface area contributed by atoms with Crippen LogP contribution in [0.4, 0.5) is 10.5 Å². The summed E-state index contributed by atoms with van der Waals surface area (Å²) in [5, 5.41) is 5.89. The number of carbonyl (C=O) groups is 1. The van der Waals surface area contributed by atoms with Crippen molar-refractivity contribution in [2.75, 3.05) is 12.4 Å². The summed E-state index contributed by atoms with van der Waals surface area (Å²) < 4.78 is 5.19. The predicted molar refractivity (Wildman–Crippen MR) is 94.1 cm³/mol. The normalized spacial score (nSPS) is 10.2. The van der Waals surface area contributed by atoms with Crippen LogP contribution in [-0.4, -0.2) is 13.1 Å². The molecule has 2 amide bonds. The van der Waals surface area contributed by atoms with Crippen LogP contribution in [0, 0.1) is 0 Å². The summed E-state index contributed by atoms with van der Waals surface area (Å²) in [5.41, 5.74) is 4.24. The van der Waals surface area contributed by atoms with E-state index in [0.29, 0.717) is 6.54 Å². The zero-order valence-electron chi connectivity index (χ0n) is 14.0. The molecule has 0 bridgehead atoms. The van der Waals surface area contributed by atoms with Gasteiger partial charge in [0.05, 0.1) is 7.11 Å². The molecule has 0 unspecified atom stereocenters. The van der Waals surface area contributed by atoms with Gasteiger partial charge in [-0.2, -0.15) is 0 Å². The van der Waals surface area contributed by atoms with Crippen LogP contribution < -0.4 is 15.4 Å². The third-order valence-corrected chi connectivity index (χ3v) is 3.82. The van der Waals surface area contributed by atoms with E-state index in [1.807, 2.05) is 30.3 Å². The number of aryl methyl sites for hydroxylation is 2. The minimum Gasteiger partial charge on any atom is -0.497 e. The van der Waals surface area contributed by atoms with E-state index in [0.717, 1.165) is 41.0 Å². The van der Waals surface area contributed by atoms with E-state index in [1.54, 1.807) is 7.11 Å². The molecular formula is C19H24N2O2. The number of benzene rings is 2. The molecule has 0 radical (unpaired) electrons. The third kappa shape index (κ3) is 4.49. The molecule has 4 nitrogen and oxygen atoms in total. The summed E-state index contributed by atoms with van der Waals surface area (Å²) in [7, 11) is 1.63. The minimum atomic E-state index is -0.191. The lowest BCUT2D eigenvalue weighted by atomic mass is 10.0. The van der Waals surface area contributed by atoms with Crippen molar-refractivity contribution in [2.45, 2.75) is 33.2 Å². The lowest BCUT2D eigenvalue weighted by Gasteiger charge is -2.15. The summed E-state index contributed by atoms with van der Waals surface area (Å²) in [6.45, 7) is 4.64. The largest absolute Gasteiger partial charge is 0.497 e. The molecule has 0 aromatic heterocycles. The molecule has 0 fully saturated rings. The Bertz CT molecular complexity index is 646. The molecule has 0 saturated heterocycles. The molecule has 0 heterocycles. The molecule has 2 N–H and O–H groups in total. The van der Waals surface area contributed by atoms with Crippen LogP contribution >= 0.6 is 0 Å². The molecule has 2 aromatic rings. The van der Waals surface area contributed by atoms with E-state index >= 15 is 0 Å². The van der Waals surface area contributed by atoms with Gasteiger partial charge in [-0.05, 0) is 41.7 Å². The molecule has 23 heavy (non-hydrogen) atoms. The van der Waals surface area contributed by atoms with Crippen LogP contribution in [-0.2, 0) is 19.4 Å². The summed E-state index contributed by atoms with van der Waals surface area (Å²) >= 11 is 0. The van der Waals surface area contributed by atoms with Gasteiger partial charge in [0.15, 0.2) is 0 Å². The zero-order valence-corrected chi connectivity index (χ0v) is 14.0. The first kappa shape index (κ1) is 16.9. The second kappa shape index (κ2) is 8.22. The van der Waals surface area contributed by atoms with E-state index < -0.39 is 0 Å². The van der Waals surface area contributed by atoms with Crippen LogP contribution in [0.3, 0.4) is 0 Å². The van der Waals surface area contributed by atoms with Crippen LogP contribution in [0.2, 0.25) is 0 Å². The van der Waals surface area contributed by atoms with E-state index in [2.05, 4.69) is 36.6 Å². The molecule has 2 aromatic carbocycles. The lowest BCUT2D eigenvalue weighted by molar-refractivity contribution is 0.251. The molecule has 0 atom stereocenters. The topological polar surface area (TPSA) is 50.4 Å². The Balaban J connectivity index is 2.02. The highest BCUT2D eigenvalue weighted by Crippen LogP contribution is 2.22. The van der Waals surface area contributed by atoms with Crippen LogP contribution in [0.5, 0.6) is 5.75 Å². The fraction of sp³-hybridized carbons (Fsp3) is 0.316. The van der Waals surface area contributed by atoms with Gasteiger partial charge in [0, 0.05) is 12.2 Å². The summed E-state index contributed by atoms with van der Waals surface area (Å²) in [6.07, 6.45) is 1.78. The van der Waals surface area contributed by atoms with Gasteiger partial charge in [0.2, 0.25) is 0 Å². The van der Waals surface area contributed by atoms with Crippen molar-refractivity contribution >= 4 is 11.7 Å². The number of para-hydroxylation sites is 1. The fourth-order valence-corrected chi connectivity index (χ4v) is 2.53. The van der Waals surface area contributed by atoms with Crippen molar-refractivity contribution in [2.24, 2.45) is 0 Å². The Morgan fingerprint density at radius 3 is 2.30 bits per heavy atom. The Morgan fingerprint density at radius 1 is 1.04 bits per heavy atom. The molecule has 0 saturated carbocycles. The zero-order chi connectivity index (χ0) is 16.7. The SMILES string of the molecule is CCc1cccc(CC)c1NC(=O)NCc1cccc(OC)c1. The van der Waals surface area contributed by atoms with E-state index in [4.69, 9.17) is 4.74 Å². The fourth-order valence-electron chi connectivity index (χ4n) is 2.53. The standard InChI is InChI=1S/C19H24N2O2/c1-4-15-9-7-10-16(5-2)18(15)21-19(22)20-13-14-8-6-11-17(12-14)23-3/h6-12H,4-5,13H2,1-3H3,(H2,20,21,22). The van der Waals surface area contributed by atoms with Crippen molar-refractivity contribution in [3.05, 3.63) is 59.2 Å². The van der Waals surface area contributed by atoms with Gasteiger partial charge >= 0.3 is 6.03 Å². The van der Waals surface area contributed by atoms with Gasteiger partial charge in [-0.25, -0.2) is 4.79 Å². The Morgan fingerprint density at radius 2 is 1.70 bits per heavy atom. The Hall–Kier alpha value is -2.49. The molecule has 2 rings (SSSR count). The first-order valence-corrected chi connectivity index (χ1v) is 7.96. The van der Waals surface area contributed by atoms with Crippen molar-refractivity contribution in [3.8, 4) is 5.75 Å². The molecular weight excluding hydrogens is 288 g/mol. The molecule has 0 aliphatic heterocycles. The molecule has 4 heteroatoms.